The van der Waals surface area contributed by atoms with Crippen LogP contribution in [0.15, 0.2) is 0 Å². The Balaban J connectivity index is 1.76. The molecule has 2 aliphatic heterocycles. The average molecular weight is 283 g/mol. The summed E-state index contributed by atoms with van der Waals surface area (Å²) in [7, 11) is 0. The molecule has 3 atom stereocenters. The highest BCUT2D eigenvalue weighted by molar-refractivity contribution is 5.67. The van der Waals surface area contributed by atoms with Crippen LogP contribution in [-0.4, -0.2) is 46.7 Å². The molecule has 1 amide bonds. The van der Waals surface area contributed by atoms with Gasteiger partial charge in [-0.05, 0) is 26.2 Å². The van der Waals surface area contributed by atoms with Crippen LogP contribution in [0.5, 0.6) is 0 Å². The van der Waals surface area contributed by atoms with Crippen LogP contribution < -0.4 is 0 Å². The van der Waals surface area contributed by atoms with E-state index in [1.54, 1.807) is 0 Å². The van der Waals surface area contributed by atoms with Gasteiger partial charge < -0.3 is 14.6 Å². The Kier molecular flexibility index (Phi) is 3.67. The van der Waals surface area contributed by atoms with Crippen molar-refractivity contribution < 1.29 is 19.4 Å². The van der Waals surface area contributed by atoms with Gasteiger partial charge in [-0.25, -0.2) is 4.79 Å². The first-order chi connectivity index (χ1) is 9.49. The molecular formula is C15H25NO4. The van der Waals surface area contributed by atoms with Crippen LogP contribution in [0.4, 0.5) is 4.79 Å². The third-order valence-corrected chi connectivity index (χ3v) is 4.95. The maximum atomic E-state index is 11.7. The molecule has 3 rings (SSSR count). The van der Waals surface area contributed by atoms with Crippen molar-refractivity contribution in [3.8, 4) is 0 Å². The fourth-order valence-electron chi connectivity index (χ4n) is 3.96. The molecule has 20 heavy (non-hydrogen) atoms. The van der Waals surface area contributed by atoms with E-state index in [4.69, 9.17) is 9.47 Å². The summed E-state index contributed by atoms with van der Waals surface area (Å²) in [5, 5.41) is 9.57. The van der Waals surface area contributed by atoms with Crippen LogP contribution in [0.3, 0.4) is 0 Å². The first-order valence-corrected chi connectivity index (χ1v) is 7.81. The molecule has 0 aromatic carbocycles. The van der Waals surface area contributed by atoms with Crippen LogP contribution in [0, 0.1) is 5.92 Å². The van der Waals surface area contributed by atoms with Crippen molar-refractivity contribution in [1.82, 2.24) is 4.90 Å². The van der Waals surface area contributed by atoms with E-state index in [0.717, 1.165) is 6.42 Å². The van der Waals surface area contributed by atoms with E-state index in [1.807, 2.05) is 13.8 Å². The number of hydrogen-bond acceptors (Lipinski definition) is 3. The van der Waals surface area contributed by atoms with Gasteiger partial charge in [0.15, 0.2) is 0 Å². The van der Waals surface area contributed by atoms with Gasteiger partial charge in [-0.1, -0.05) is 32.1 Å². The number of nitrogens with zero attached hydrogens (tertiary/aromatic N) is 1. The molecular weight excluding hydrogens is 258 g/mol. The molecule has 1 saturated carbocycles. The summed E-state index contributed by atoms with van der Waals surface area (Å²) in [6.07, 6.45) is 6.36. The molecule has 2 saturated heterocycles. The SMILES string of the molecule is CC1(C)O[C@@H](C2CO2)[C@H](CC2CCCCC2)N1C(=O)O. The van der Waals surface area contributed by atoms with Crippen molar-refractivity contribution in [2.45, 2.75) is 76.3 Å². The van der Waals surface area contributed by atoms with Crippen molar-refractivity contribution in [3.05, 3.63) is 0 Å². The second-order valence-electron chi connectivity index (χ2n) is 6.86. The molecule has 1 N–H and O–H groups in total. The van der Waals surface area contributed by atoms with E-state index in [1.165, 1.54) is 37.0 Å². The summed E-state index contributed by atoms with van der Waals surface area (Å²) < 4.78 is 11.4. The topological polar surface area (TPSA) is 62.3 Å². The number of carbonyl (C=O) groups is 1. The van der Waals surface area contributed by atoms with E-state index >= 15 is 0 Å². The molecule has 5 heteroatoms. The Bertz CT molecular complexity index is 374. The van der Waals surface area contributed by atoms with Crippen LogP contribution in [0.1, 0.15) is 52.4 Å². The van der Waals surface area contributed by atoms with Crippen molar-refractivity contribution in [2.24, 2.45) is 5.92 Å². The normalized spacial score (nSPS) is 37.1. The van der Waals surface area contributed by atoms with E-state index in [-0.39, 0.29) is 18.2 Å². The summed E-state index contributed by atoms with van der Waals surface area (Å²) in [5.74, 6) is 0.634. The standard InChI is InChI=1S/C15H25NO4/c1-15(2)16(14(17)18)11(13(20-15)12-9-19-12)8-10-6-4-3-5-7-10/h10-13H,3-9H2,1-2H3,(H,17,18)/t11-,12?,13+/m0/s1. The molecule has 0 aromatic rings. The van der Waals surface area contributed by atoms with E-state index in [0.29, 0.717) is 12.5 Å². The highest BCUT2D eigenvalue weighted by Crippen LogP contribution is 2.41. The zero-order chi connectivity index (χ0) is 14.3. The highest BCUT2D eigenvalue weighted by atomic mass is 16.6. The number of ether oxygens (including phenoxy) is 2. The Hall–Kier alpha value is -0.810. The fourth-order valence-corrected chi connectivity index (χ4v) is 3.96. The first-order valence-electron chi connectivity index (χ1n) is 7.81. The van der Waals surface area contributed by atoms with Gasteiger partial charge in [0.2, 0.25) is 0 Å². The Morgan fingerprint density at radius 1 is 1.30 bits per heavy atom. The number of carboxylic acid groups (broad SMARTS) is 1. The van der Waals surface area contributed by atoms with Gasteiger partial charge in [-0.3, -0.25) is 4.90 Å². The quantitative estimate of drug-likeness (QED) is 0.809. The minimum Gasteiger partial charge on any atom is -0.465 e. The van der Waals surface area contributed by atoms with Gasteiger partial charge in [-0.15, -0.1) is 0 Å². The van der Waals surface area contributed by atoms with Crippen molar-refractivity contribution >= 4 is 6.09 Å². The average Bonchev–Trinajstić information content (AvgIpc) is 3.16. The first kappa shape index (κ1) is 14.1. The molecule has 2 heterocycles. The molecule has 1 aliphatic carbocycles. The van der Waals surface area contributed by atoms with Crippen LogP contribution in [0.2, 0.25) is 0 Å². The van der Waals surface area contributed by atoms with Gasteiger partial charge in [0.25, 0.3) is 0 Å². The Labute approximate surface area is 120 Å². The van der Waals surface area contributed by atoms with E-state index < -0.39 is 11.8 Å². The maximum absolute atomic E-state index is 11.7. The molecule has 0 radical (unpaired) electrons. The molecule has 0 aromatic heterocycles. The summed E-state index contributed by atoms with van der Waals surface area (Å²) in [6, 6.07) is -0.0573. The zero-order valence-electron chi connectivity index (χ0n) is 12.4. The minimum absolute atomic E-state index is 0.0573. The molecule has 3 aliphatic rings. The molecule has 0 spiro atoms. The maximum Gasteiger partial charge on any atom is 0.409 e. The van der Waals surface area contributed by atoms with E-state index in [9.17, 15) is 9.90 Å². The third-order valence-electron chi connectivity index (χ3n) is 4.95. The summed E-state index contributed by atoms with van der Waals surface area (Å²) in [6.45, 7) is 4.39. The largest absolute Gasteiger partial charge is 0.465 e. The lowest BCUT2D eigenvalue weighted by Gasteiger charge is -2.33. The predicted octanol–water partition coefficient (Wildman–Crippen LogP) is 2.84. The van der Waals surface area contributed by atoms with Gasteiger partial charge in [0, 0.05) is 0 Å². The lowest BCUT2D eigenvalue weighted by atomic mass is 9.83. The van der Waals surface area contributed by atoms with Crippen molar-refractivity contribution in [3.63, 3.8) is 0 Å². The lowest BCUT2D eigenvalue weighted by molar-refractivity contribution is -0.0715. The number of epoxide rings is 1. The van der Waals surface area contributed by atoms with Crippen LogP contribution >= 0.6 is 0 Å². The number of rotatable bonds is 3. The predicted molar refractivity (Wildman–Crippen MR) is 73.5 cm³/mol. The van der Waals surface area contributed by atoms with Crippen molar-refractivity contribution in [2.75, 3.05) is 6.61 Å². The Morgan fingerprint density at radius 2 is 1.95 bits per heavy atom. The van der Waals surface area contributed by atoms with Crippen LogP contribution in [-0.2, 0) is 9.47 Å². The highest BCUT2D eigenvalue weighted by Gasteiger charge is 2.55. The van der Waals surface area contributed by atoms with Crippen LogP contribution in [0.25, 0.3) is 0 Å². The summed E-state index contributed by atoms with van der Waals surface area (Å²) in [4.78, 5) is 13.2. The van der Waals surface area contributed by atoms with Gasteiger partial charge in [0.05, 0.1) is 12.6 Å². The van der Waals surface area contributed by atoms with Gasteiger partial charge >= 0.3 is 6.09 Å². The van der Waals surface area contributed by atoms with Gasteiger partial charge in [-0.2, -0.15) is 0 Å². The Morgan fingerprint density at radius 3 is 2.50 bits per heavy atom. The molecule has 0 bridgehead atoms. The second kappa shape index (κ2) is 5.19. The second-order valence-corrected chi connectivity index (χ2v) is 6.86. The fraction of sp³-hybridized carbons (Fsp3) is 0.933. The van der Waals surface area contributed by atoms with Gasteiger partial charge in [0.1, 0.15) is 17.9 Å². The lowest BCUT2D eigenvalue weighted by Crippen LogP contribution is -2.48. The number of hydrogen-bond donors (Lipinski definition) is 1. The smallest absolute Gasteiger partial charge is 0.409 e. The summed E-state index contributed by atoms with van der Waals surface area (Å²) >= 11 is 0. The minimum atomic E-state index is -0.876. The van der Waals surface area contributed by atoms with E-state index in [2.05, 4.69) is 0 Å². The van der Waals surface area contributed by atoms with Crippen molar-refractivity contribution in [1.29, 1.82) is 0 Å². The molecule has 5 nitrogen and oxygen atoms in total. The molecule has 1 unspecified atom stereocenters. The zero-order valence-corrected chi connectivity index (χ0v) is 12.4. The molecule has 114 valence electrons. The number of amides is 1. The molecule has 3 fully saturated rings. The third kappa shape index (κ3) is 2.66. The monoisotopic (exact) mass is 283 g/mol. The summed E-state index contributed by atoms with van der Waals surface area (Å²) in [5.41, 5.74) is -0.748.